The minimum Gasteiger partial charge on any atom is -0.444 e. The highest BCUT2D eigenvalue weighted by molar-refractivity contribution is 8.14. The summed E-state index contributed by atoms with van der Waals surface area (Å²) < 4.78 is 53.9. The van der Waals surface area contributed by atoms with Gasteiger partial charge < -0.3 is 30.3 Å². The number of carbonyl (C=O) groups is 2. The normalized spacial score (nSPS) is 22.7. The Morgan fingerprint density at radius 3 is 1.32 bits per heavy atom. The van der Waals surface area contributed by atoms with Gasteiger partial charge in [0.25, 0.3) is 0 Å². The number of hydrogen-bond donors (Lipinski definition) is 4. The quantitative estimate of drug-likeness (QED) is 0.105. The summed E-state index contributed by atoms with van der Waals surface area (Å²) in [4.78, 5) is 56.0. The van der Waals surface area contributed by atoms with Crippen molar-refractivity contribution in [1.29, 1.82) is 0 Å². The lowest BCUT2D eigenvalue weighted by atomic mass is 9.81. The molecule has 95 heavy (non-hydrogen) atoms. The largest absolute Gasteiger partial charge is 0.444 e. The molecule has 22 heteroatoms. The predicted octanol–water partition coefficient (Wildman–Crippen LogP) is 14.1. The van der Waals surface area contributed by atoms with Crippen molar-refractivity contribution >= 4 is 74.3 Å². The van der Waals surface area contributed by atoms with Gasteiger partial charge in [-0.25, -0.2) is 39.5 Å². The molecular weight excluding hydrogens is 1260 g/mol. The third kappa shape index (κ3) is 14.9. The Hall–Kier alpha value is -8.70. The van der Waals surface area contributed by atoms with Gasteiger partial charge in [-0.3, -0.25) is 10.6 Å². The summed E-state index contributed by atoms with van der Waals surface area (Å²) in [6.07, 6.45) is 3.32. The Balaban J connectivity index is 0.000000137. The number of nitrogens with two attached hydrogens (primary N) is 1. The molecule has 0 spiro atoms. The number of aliphatic imine (C=N–C) groups is 3. The van der Waals surface area contributed by atoms with Gasteiger partial charge in [0.15, 0.2) is 15.5 Å². The number of thioether (sulfide) groups is 3. The molecule has 0 saturated carbocycles. The van der Waals surface area contributed by atoms with E-state index in [1.165, 1.54) is 47.8 Å². The summed E-state index contributed by atoms with van der Waals surface area (Å²) in [5.41, 5.74) is 12.5. The third-order valence-electron chi connectivity index (χ3n) is 17.5. The topological polar surface area (TPSA) is 197 Å². The van der Waals surface area contributed by atoms with Gasteiger partial charge in [0.05, 0.1) is 0 Å². The van der Waals surface area contributed by atoms with E-state index >= 15 is 0 Å². The maximum absolute atomic E-state index is 14.5. The van der Waals surface area contributed by atoms with E-state index in [9.17, 15) is 22.8 Å². The maximum atomic E-state index is 14.5. The molecule has 16 nitrogen and oxygen atoms in total. The zero-order chi connectivity index (χ0) is 66.5. The number of amidine groups is 3. The molecule has 8 aromatic rings. The molecule has 0 aliphatic carbocycles. The number of para-hydroxylation sites is 2. The van der Waals surface area contributed by atoms with Gasteiger partial charge in [-0.1, -0.05) is 126 Å². The molecule has 5 aromatic carbocycles. The number of alkyl carbamates (subject to hydrolysis) is 2. The highest BCUT2D eigenvalue weighted by atomic mass is 32.2. The fourth-order valence-corrected chi connectivity index (χ4v) is 16.4. The van der Waals surface area contributed by atoms with E-state index in [2.05, 4.69) is 83.2 Å². The number of halogens is 3. The molecular formula is C73H75F3N12O4S3. The lowest BCUT2D eigenvalue weighted by Gasteiger charge is -2.36. The van der Waals surface area contributed by atoms with E-state index in [0.717, 1.165) is 82.5 Å². The highest BCUT2D eigenvalue weighted by Crippen LogP contribution is 2.50. The van der Waals surface area contributed by atoms with Crippen molar-refractivity contribution in [2.24, 2.45) is 38.5 Å². The second kappa shape index (κ2) is 27.9. The van der Waals surface area contributed by atoms with E-state index in [0.29, 0.717) is 51.2 Å². The Kier molecular flexibility index (Phi) is 19.5. The van der Waals surface area contributed by atoms with E-state index in [1.807, 2.05) is 133 Å². The number of amides is 2. The van der Waals surface area contributed by atoms with E-state index in [4.69, 9.17) is 30.2 Å². The first kappa shape index (κ1) is 66.3. The predicted molar refractivity (Wildman–Crippen MR) is 377 cm³/mol. The van der Waals surface area contributed by atoms with Crippen LogP contribution in [0.2, 0.25) is 0 Å². The second-order valence-corrected chi connectivity index (χ2v) is 29.2. The van der Waals surface area contributed by atoms with Crippen molar-refractivity contribution in [2.45, 2.75) is 69.4 Å². The van der Waals surface area contributed by atoms with Crippen LogP contribution in [-0.4, -0.2) is 110 Å². The summed E-state index contributed by atoms with van der Waals surface area (Å²) in [7, 11) is 0. The summed E-state index contributed by atoms with van der Waals surface area (Å²) in [5.74, 6) is 1.84. The van der Waals surface area contributed by atoms with Crippen molar-refractivity contribution < 1.29 is 32.2 Å². The van der Waals surface area contributed by atoms with Crippen molar-refractivity contribution in [1.82, 2.24) is 30.9 Å². The number of benzene rings is 5. The molecule has 5 N–H and O–H groups in total. The fourth-order valence-electron chi connectivity index (χ4n) is 13.2. The zero-order valence-electron chi connectivity index (χ0n) is 53.6. The summed E-state index contributed by atoms with van der Waals surface area (Å²) in [6.45, 7) is 15.6. The first-order valence-corrected chi connectivity index (χ1v) is 34.5. The summed E-state index contributed by atoms with van der Waals surface area (Å²) in [6, 6.07) is 54.8. The lowest BCUT2D eigenvalue weighted by molar-refractivity contribution is 0.0552. The summed E-state index contributed by atoms with van der Waals surface area (Å²) >= 11 is 4.67. The average molecular weight is 1340 g/mol. The zero-order valence-corrected chi connectivity index (χ0v) is 56.1. The Bertz CT molecular complexity index is 4200. The Morgan fingerprint density at radius 2 is 0.895 bits per heavy atom. The highest BCUT2D eigenvalue weighted by Gasteiger charge is 2.53. The number of nitrogens with zero attached hydrogens (tertiary/aromatic N) is 8. The number of fused-ring (bicyclic) bond motifs is 3. The molecule has 490 valence electrons. The van der Waals surface area contributed by atoms with Crippen LogP contribution in [0.3, 0.4) is 0 Å². The summed E-state index contributed by atoms with van der Waals surface area (Å²) in [5, 5.41) is 10.8. The van der Waals surface area contributed by atoms with E-state index < -0.39 is 57.8 Å². The second-order valence-electron chi connectivity index (χ2n) is 26.2. The number of carbonyl (C=O) groups excluding carboxylic acids is 2. The molecule has 0 unspecified atom stereocenters. The van der Waals surface area contributed by atoms with Gasteiger partial charge in [-0.15, -0.1) is 0 Å². The number of aromatic nitrogens is 3. The molecule has 3 fully saturated rings. The van der Waals surface area contributed by atoms with Gasteiger partial charge in [0, 0.05) is 121 Å². The molecule has 6 aliphatic heterocycles. The van der Waals surface area contributed by atoms with Crippen molar-refractivity contribution in [3.63, 3.8) is 0 Å². The standard InChI is InChI=1S/C28H29FN4O2S.C23H21FN4S.C22H25FN4O2S/c1-27(2,3)35-26(34)31-25-32-28(18-33(16-21(28)17-36-25)22-11-5-4-6-12-22)20-10-7-9-19(15-20)23-13-8-14-30-24(23)29;24-21-20(10-5-11-26-21)16-6-4-7-17(12-16)23-15-28(19-8-2-1-3-9-19)13-18(23)14-29-22(25)27-23;1-21(2,3)29-20(28)26-19-27-22(13-24-11-16(22)12-30-19)15-7-4-6-14(10-15)17-8-5-9-25-18(17)23/h4-15,21H,16-18H2,1-3H3,(H,31,32,34);1-12,18H,13-15H2,(H2,25,27);4-10,16,24H,11-13H2,1-3H3,(H,26,27,28)/t21-,28+;18-,23+;16-,22+/m000/s1. The van der Waals surface area contributed by atoms with Crippen molar-refractivity contribution in [2.75, 3.05) is 66.3 Å². The fraction of sp³-hybridized carbons (Fsp3) is 0.315. The average Bonchev–Trinajstić information content (AvgIpc) is 1.64. The molecule has 14 rings (SSSR count). The van der Waals surface area contributed by atoms with Crippen LogP contribution >= 0.6 is 35.3 Å². The van der Waals surface area contributed by atoms with Crippen LogP contribution in [0.15, 0.2) is 203 Å². The number of anilines is 2. The minimum absolute atomic E-state index is 0.195. The van der Waals surface area contributed by atoms with Crippen molar-refractivity contribution in [3.8, 4) is 33.4 Å². The first-order valence-electron chi connectivity index (χ1n) is 31.5. The van der Waals surface area contributed by atoms with Crippen LogP contribution in [0.5, 0.6) is 0 Å². The Labute approximate surface area is 564 Å². The smallest absolute Gasteiger partial charge is 0.413 e. The van der Waals surface area contributed by atoms with Crippen LogP contribution in [0.4, 0.5) is 34.1 Å². The van der Waals surface area contributed by atoms with Crippen LogP contribution in [-0.2, 0) is 26.1 Å². The molecule has 0 radical (unpaired) electrons. The molecule has 9 heterocycles. The third-order valence-corrected chi connectivity index (χ3v) is 20.5. The van der Waals surface area contributed by atoms with Gasteiger partial charge >= 0.3 is 12.2 Å². The lowest BCUT2D eigenvalue weighted by Crippen LogP contribution is -2.43. The van der Waals surface area contributed by atoms with Crippen LogP contribution in [0.1, 0.15) is 58.2 Å². The maximum Gasteiger partial charge on any atom is 0.413 e. The van der Waals surface area contributed by atoms with Crippen LogP contribution in [0, 0.1) is 35.6 Å². The molecule has 2 amide bonds. The number of hydrogen-bond acceptors (Lipinski definition) is 17. The molecule has 3 aromatic heterocycles. The first-order chi connectivity index (χ1) is 45.7. The van der Waals surface area contributed by atoms with E-state index in [1.54, 1.807) is 48.2 Å². The molecule has 0 bridgehead atoms. The van der Waals surface area contributed by atoms with Crippen LogP contribution < -0.4 is 31.5 Å². The number of nitrogens with one attached hydrogen (secondary N) is 3. The van der Waals surface area contributed by atoms with Gasteiger partial charge in [-0.05, 0) is 154 Å². The number of ether oxygens (including phenoxy) is 2. The monoisotopic (exact) mass is 1340 g/mol. The molecule has 6 aliphatic rings. The molecule has 3 saturated heterocycles. The Morgan fingerprint density at radius 1 is 0.505 bits per heavy atom. The molecule has 6 atom stereocenters. The van der Waals surface area contributed by atoms with Gasteiger partial charge in [0.2, 0.25) is 17.8 Å². The number of rotatable bonds is 8. The van der Waals surface area contributed by atoms with Gasteiger partial charge in [0.1, 0.15) is 27.8 Å². The van der Waals surface area contributed by atoms with Crippen molar-refractivity contribution in [3.05, 3.63) is 223 Å². The van der Waals surface area contributed by atoms with Crippen LogP contribution in [0.25, 0.3) is 33.4 Å². The number of pyridine rings is 3. The SMILES string of the molecule is CC(C)(C)OC(=O)NC1=N[C@@]2(c3cccc(-c4cccnc4F)c3)CN(c3ccccc3)C[C@H]2CS1.CC(C)(C)OC(=O)NC1=N[C@@]2(c3cccc(-c4cccnc4F)c3)CNC[C@H]2CS1.NC1=N[C@@]2(c3cccc(-c4cccnc4F)c3)CN(c3ccccc3)C[C@H]2CS1. The van der Waals surface area contributed by atoms with Gasteiger partial charge in [-0.2, -0.15) is 13.2 Å². The van der Waals surface area contributed by atoms with E-state index in [-0.39, 0.29) is 11.8 Å². The minimum atomic E-state index is -0.611.